The molecule has 4 rings (SSSR count). The highest BCUT2D eigenvalue weighted by molar-refractivity contribution is 9.09. The van der Waals surface area contributed by atoms with Crippen LogP contribution in [0.1, 0.15) is 59.9 Å². The lowest BCUT2D eigenvalue weighted by Gasteiger charge is -2.38. The Morgan fingerprint density at radius 3 is 2.12 bits per heavy atom. The fraction of sp³-hybridized carbons (Fsp3) is 0.300. The van der Waals surface area contributed by atoms with E-state index in [4.69, 9.17) is 9.47 Å². The summed E-state index contributed by atoms with van der Waals surface area (Å²) in [5.41, 5.74) is -0.123. The van der Waals surface area contributed by atoms with E-state index in [-0.39, 0.29) is 29.9 Å². The van der Waals surface area contributed by atoms with Crippen LogP contribution in [0.15, 0.2) is 78.6 Å². The number of halogens is 1. The number of amides is 4. The van der Waals surface area contributed by atoms with E-state index in [0.29, 0.717) is 17.3 Å². The van der Waals surface area contributed by atoms with Gasteiger partial charge >= 0.3 is 12.1 Å². The van der Waals surface area contributed by atoms with Gasteiger partial charge in [0.25, 0.3) is 17.7 Å². The third-order valence-corrected chi connectivity index (χ3v) is 6.73. The highest BCUT2D eigenvalue weighted by atomic mass is 79.9. The molecule has 0 fully saturated rings. The largest absolute Gasteiger partial charge is 0.455 e. The highest BCUT2D eigenvalue weighted by Gasteiger charge is 2.47. The number of allylic oxidation sites excluding steroid dienone is 2. The molecule has 41 heavy (non-hydrogen) atoms. The summed E-state index contributed by atoms with van der Waals surface area (Å²) in [5, 5.41) is 2.16. The average molecular weight is 624 g/mol. The number of fused-ring (bicyclic) bond motifs is 1. The molecule has 0 spiro atoms. The first-order chi connectivity index (χ1) is 19.5. The maximum atomic E-state index is 14.3. The molecule has 2 aromatic carbocycles. The smallest absolute Gasteiger partial charge is 0.433 e. The normalized spacial score (nSPS) is 15.4. The molecule has 11 heteroatoms. The number of carbonyl (C=O) groups is 5. The molecule has 0 saturated carbocycles. The van der Waals surface area contributed by atoms with Crippen molar-refractivity contribution in [3.63, 3.8) is 0 Å². The molecule has 0 N–H and O–H groups in total. The van der Waals surface area contributed by atoms with Crippen LogP contribution in [0.5, 0.6) is 0 Å². The van der Waals surface area contributed by atoms with Crippen LogP contribution in [-0.2, 0) is 25.7 Å². The number of nitrogens with zero attached hydrogens (tertiary/aromatic N) is 3. The molecule has 214 valence electrons. The molecule has 4 amide bonds. The molecule has 10 nitrogen and oxygen atoms in total. The minimum Gasteiger partial charge on any atom is -0.455 e. The molecule has 0 aromatic heterocycles. The van der Waals surface area contributed by atoms with Gasteiger partial charge in [-0.3, -0.25) is 19.3 Å². The van der Waals surface area contributed by atoms with Crippen molar-refractivity contribution in [3.05, 3.63) is 95.3 Å². The summed E-state index contributed by atoms with van der Waals surface area (Å²) in [7, 11) is 0. The van der Waals surface area contributed by atoms with Gasteiger partial charge in [-0.2, -0.15) is 5.01 Å². The van der Waals surface area contributed by atoms with Crippen molar-refractivity contribution in [2.45, 2.75) is 51.9 Å². The summed E-state index contributed by atoms with van der Waals surface area (Å²) in [5.74, 6) is -2.99. The van der Waals surface area contributed by atoms with E-state index in [9.17, 15) is 24.0 Å². The zero-order chi connectivity index (χ0) is 29.7. The van der Waals surface area contributed by atoms with Gasteiger partial charge in [0, 0.05) is 11.5 Å². The van der Waals surface area contributed by atoms with Gasteiger partial charge in [-0.1, -0.05) is 58.4 Å². The Kier molecular flexibility index (Phi) is 9.07. The Morgan fingerprint density at radius 2 is 1.54 bits per heavy atom. The first-order valence-electron chi connectivity index (χ1n) is 13.0. The maximum Gasteiger partial charge on any atom is 0.433 e. The number of imide groups is 1. The van der Waals surface area contributed by atoms with E-state index >= 15 is 0 Å². The topological polar surface area (TPSA) is 114 Å². The van der Waals surface area contributed by atoms with Crippen LogP contribution in [-0.4, -0.2) is 61.7 Å². The van der Waals surface area contributed by atoms with E-state index < -0.39 is 41.4 Å². The van der Waals surface area contributed by atoms with Gasteiger partial charge in [-0.15, -0.1) is 0 Å². The van der Waals surface area contributed by atoms with Crippen LogP contribution < -0.4 is 0 Å². The summed E-state index contributed by atoms with van der Waals surface area (Å²) in [6, 6.07) is 13.9. The summed E-state index contributed by atoms with van der Waals surface area (Å²) in [6.45, 7) is 4.91. The summed E-state index contributed by atoms with van der Waals surface area (Å²) in [6.07, 6.45) is 3.54. The van der Waals surface area contributed by atoms with E-state index in [0.717, 1.165) is 14.9 Å². The van der Waals surface area contributed by atoms with Crippen LogP contribution in [0.3, 0.4) is 0 Å². The zero-order valence-electron chi connectivity index (χ0n) is 22.9. The molecule has 0 saturated heterocycles. The zero-order valence-corrected chi connectivity index (χ0v) is 24.5. The van der Waals surface area contributed by atoms with Crippen molar-refractivity contribution >= 4 is 45.7 Å². The third kappa shape index (κ3) is 6.57. The monoisotopic (exact) mass is 623 g/mol. The first-order valence-corrected chi connectivity index (χ1v) is 14.1. The van der Waals surface area contributed by atoms with Crippen molar-refractivity contribution in [1.82, 2.24) is 14.9 Å². The van der Waals surface area contributed by atoms with Crippen LogP contribution in [0.4, 0.5) is 4.79 Å². The molecule has 2 aliphatic heterocycles. The molecule has 2 aliphatic rings. The second kappa shape index (κ2) is 12.5. The fourth-order valence-corrected chi connectivity index (χ4v) is 4.70. The number of esters is 1. The number of hydrogen-bond acceptors (Lipinski definition) is 7. The average Bonchev–Trinajstić information content (AvgIpc) is 3.20. The summed E-state index contributed by atoms with van der Waals surface area (Å²) in [4.78, 5) is 68.6. The third-order valence-electron chi connectivity index (χ3n) is 6.17. The second-order valence-electron chi connectivity index (χ2n) is 10.3. The van der Waals surface area contributed by atoms with Crippen molar-refractivity contribution in [2.75, 3.05) is 5.33 Å². The van der Waals surface area contributed by atoms with Gasteiger partial charge in [0.15, 0.2) is 5.70 Å². The number of carbonyl (C=O) groups excluding carboxylic acids is 5. The minimum atomic E-state index is -1.33. The van der Waals surface area contributed by atoms with Crippen molar-refractivity contribution in [1.29, 1.82) is 0 Å². The lowest BCUT2D eigenvalue weighted by atomic mass is 10.1. The standard InChI is InChI=1S/C30H30BrN3O7/c1-30(2,3)41-28(38)24-16-10-18-32(29(39)40-19-20-11-5-4-6-12-20)34(24)27(37)23(15-9-17-31)33-25(35)21-13-7-8-14-22(21)26(33)36/h4-8,10-14,16,18,23H,9,15,17,19H2,1-3H3. The van der Waals surface area contributed by atoms with Gasteiger partial charge in [-0.05, 0) is 63.5 Å². The van der Waals surface area contributed by atoms with E-state index in [2.05, 4.69) is 15.9 Å². The van der Waals surface area contributed by atoms with Crippen molar-refractivity contribution in [3.8, 4) is 0 Å². The Bertz CT molecular complexity index is 1380. The van der Waals surface area contributed by atoms with Gasteiger partial charge in [-0.25, -0.2) is 14.6 Å². The minimum absolute atomic E-state index is 0.0737. The SMILES string of the molecule is CC(C)(C)OC(=O)C1=CC=CN(C(=O)OCc2ccccc2)N1C(=O)C(CCCBr)N1C(=O)c2ccccc2C1=O. The lowest BCUT2D eigenvalue weighted by molar-refractivity contribution is -0.159. The van der Waals surface area contributed by atoms with E-state index in [1.54, 1.807) is 57.2 Å². The molecule has 1 atom stereocenters. The molecule has 0 aliphatic carbocycles. The summed E-state index contributed by atoms with van der Waals surface area (Å²) >= 11 is 3.34. The van der Waals surface area contributed by atoms with Crippen LogP contribution in [0, 0.1) is 0 Å². The lowest BCUT2D eigenvalue weighted by Crippen LogP contribution is -2.57. The van der Waals surface area contributed by atoms with Crippen LogP contribution >= 0.6 is 15.9 Å². The number of ether oxygens (including phenoxy) is 2. The predicted molar refractivity (Wildman–Crippen MR) is 152 cm³/mol. The van der Waals surface area contributed by atoms with Crippen LogP contribution in [0.25, 0.3) is 0 Å². The fourth-order valence-electron chi connectivity index (χ4n) is 4.37. The molecule has 0 bridgehead atoms. The van der Waals surface area contributed by atoms with E-state index in [1.807, 2.05) is 6.07 Å². The summed E-state index contributed by atoms with van der Waals surface area (Å²) < 4.78 is 11.0. The Morgan fingerprint density at radius 1 is 0.927 bits per heavy atom. The quantitative estimate of drug-likeness (QED) is 0.232. The van der Waals surface area contributed by atoms with Gasteiger partial charge < -0.3 is 9.47 Å². The maximum absolute atomic E-state index is 14.3. The number of hydrogen-bond donors (Lipinski definition) is 0. The van der Waals surface area contributed by atoms with Gasteiger partial charge in [0.2, 0.25) is 0 Å². The van der Waals surface area contributed by atoms with Crippen molar-refractivity contribution in [2.24, 2.45) is 0 Å². The first kappa shape index (κ1) is 29.7. The van der Waals surface area contributed by atoms with Crippen LogP contribution in [0.2, 0.25) is 0 Å². The van der Waals surface area contributed by atoms with Crippen molar-refractivity contribution < 1.29 is 33.4 Å². The Hall–Kier alpha value is -4.25. The molecule has 2 aromatic rings. The van der Waals surface area contributed by atoms with Gasteiger partial charge in [0.05, 0.1) is 11.1 Å². The van der Waals surface area contributed by atoms with Gasteiger partial charge in [0.1, 0.15) is 18.2 Å². The molecular formula is C30H30BrN3O7. The molecular weight excluding hydrogens is 594 g/mol. The van der Waals surface area contributed by atoms with E-state index in [1.165, 1.54) is 30.5 Å². The molecule has 1 unspecified atom stereocenters. The Balaban J connectivity index is 1.71. The highest BCUT2D eigenvalue weighted by Crippen LogP contribution is 2.30. The molecule has 0 radical (unpaired) electrons. The number of rotatable bonds is 8. The number of benzene rings is 2. The second-order valence-corrected chi connectivity index (χ2v) is 11.1. The predicted octanol–water partition coefficient (Wildman–Crippen LogP) is 4.96. The Labute approximate surface area is 246 Å². The number of alkyl halides is 1. The molecule has 2 heterocycles. The number of hydrazine groups is 1.